The molecular weight excluding hydrogens is 254 g/mol. The molecule has 0 aliphatic rings. The first-order chi connectivity index (χ1) is 9.19. The summed E-state index contributed by atoms with van der Waals surface area (Å²) in [6, 6.07) is 3.13. The van der Waals surface area contributed by atoms with Crippen LogP contribution in [0.5, 0.6) is 5.75 Å². The number of benzene rings is 1. The quantitative estimate of drug-likeness (QED) is 0.833. The Bertz CT molecular complexity index is 544. The van der Waals surface area contributed by atoms with Gasteiger partial charge in [0.05, 0.1) is 0 Å². The third kappa shape index (κ3) is 3.72. The molecule has 5 nitrogen and oxygen atoms in total. The van der Waals surface area contributed by atoms with E-state index < -0.39 is 11.6 Å². The first-order valence-electron chi connectivity index (χ1n) is 5.87. The Morgan fingerprint density at radius 2 is 2.16 bits per heavy atom. The molecule has 2 rings (SSSR count). The van der Waals surface area contributed by atoms with Crippen LogP contribution in [0.4, 0.5) is 8.78 Å². The van der Waals surface area contributed by atoms with Crippen LogP contribution in [0.2, 0.25) is 0 Å². The van der Waals surface area contributed by atoms with Gasteiger partial charge >= 0.3 is 0 Å². The number of halogens is 2. The topological polar surface area (TPSA) is 76.8 Å². The van der Waals surface area contributed by atoms with Crippen molar-refractivity contribution in [3.05, 3.63) is 41.5 Å². The predicted molar refractivity (Wildman–Crippen MR) is 64.4 cm³/mol. The third-order valence-electron chi connectivity index (χ3n) is 2.44. The van der Waals surface area contributed by atoms with E-state index >= 15 is 0 Å². The summed E-state index contributed by atoms with van der Waals surface area (Å²) in [6.07, 6.45) is 1.47. The van der Waals surface area contributed by atoms with Crippen molar-refractivity contribution < 1.29 is 13.5 Å². The maximum Gasteiger partial charge on any atom is 0.167 e. The van der Waals surface area contributed by atoms with E-state index in [0.717, 1.165) is 18.6 Å². The number of aromatic nitrogens is 3. The first-order valence-corrected chi connectivity index (χ1v) is 5.87. The summed E-state index contributed by atoms with van der Waals surface area (Å²) in [7, 11) is 0. The maximum absolute atomic E-state index is 13.3. The molecule has 102 valence electrons. The zero-order valence-corrected chi connectivity index (χ0v) is 10.2. The minimum atomic E-state index is -0.747. The second kappa shape index (κ2) is 6.24. The number of nitrogens with two attached hydrogens (primary N) is 1. The highest BCUT2D eigenvalue weighted by atomic mass is 19.1. The Labute approximate surface area is 108 Å². The van der Waals surface area contributed by atoms with E-state index in [4.69, 9.17) is 10.5 Å². The molecule has 2 aromatic rings. The summed E-state index contributed by atoms with van der Waals surface area (Å²) in [5.41, 5.74) is 5.38. The molecule has 1 aromatic carbocycles. The molecule has 7 heteroatoms. The Morgan fingerprint density at radius 3 is 2.89 bits per heavy atom. The molecular formula is C12H14F2N4O. The largest absolute Gasteiger partial charge is 0.483 e. The predicted octanol–water partition coefficient (Wildman–Crippen LogP) is 1.55. The van der Waals surface area contributed by atoms with E-state index in [2.05, 4.69) is 15.2 Å². The highest BCUT2D eigenvalue weighted by Gasteiger charge is 2.07. The third-order valence-corrected chi connectivity index (χ3v) is 2.44. The molecule has 1 aromatic heterocycles. The Morgan fingerprint density at radius 1 is 1.32 bits per heavy atom. The van der Waals surface area contributed by atoms with Gasteiger partial charge in [-0.3, -0.25) is 5.10 Å². The van der Waals surface area contributed by atoms with Gasteiger partial charge in [-0.05, 0) is 25.1 Å². The summed E-state index contributed by atoms with van der Waals surface area (Å²) >= 11 is 0. The van der Waals surface area contributed by atoms with Crippen LogP contribution in [0.25, 0.3) is 0 Å². The summed E-state index contributed by atoms with van der Waals surface area (Å²) < 4.78 is 31.2. The second-order valence-corrected chi connectivity index (χ2v) is 3.95. The molecule has 19 heavy (non-hydrogen) atoms. The number of aromatic amines is 1. The lowest BCUT2D eigenvalue weighted by Crippen LogP contribution is -2.02. The van der Waals surface area contributed by atoms with Gasteiger partial charge in [0, 0.05) is 12.5 Å². The smallest absolute Gasteiger partial charge is 0.167 e. The van der Waals surface area contributed by atoms with Crippen molar-refractivity contribution in [2.45, 2.75) is 19.4 Å². The summed E-state index contributed by atoms with van der Waals surface area (Å²) in [6.45, 7) is 0.610. The molecule has 0 aliphatic carbocycles. The fourth-order valence-electron chi connectivity index (χ4n) is 1.51. The molecule has 0 spiro atoms. The van der Waals surface area contributed by atoms with E-state index in [1.807, 2.05) is 0 Å². The number of nitrogens with zero attached hydrogens (tertiary/aromatic N) is 2. The van der Waals surface area contributed by atoms with Crippen LogP contribution in [-0.4, -0.2) is 21.7 Å². The maximum atomic E-state index is 13.3. The van der Waals surface area contributed by atoms with Gasteiger partial charge in [-0.1, -0.05) is 0 Å². The molecule has 0 bridgehead atoms. The fraction of sp³-hybridized carbons (Fsp3) is 0.333. The first kappa shape index (κ1) is 13.4. The lowest BCUT2D eigenvalue weighted by Gasteiger charge is -2.04. The molecule has 0 saturated heterocycles. The van der Waals surface area contributed by atoms with Gasteiger partial charge in [0.25, 0.3) is 0 Å². The highest BCUT2D eigenvalue weighted by molar-refractivity contribution is 5.24. The van der Waals surface area contributed by atoms with Crippen molar-refractivity contribution in [3.8, 4) is 5.75 Å². The zero-order valence-electron chi connectivity index (χ0n) is 10.2. The number of ether oxygens (including phenoxy) is 1. The van der Waals surface area contributed by atoms with Crippen molar-refractivity contribution >= 4 is 0 Å². The summed E-state index contributed by atoms with van der Waals surface area (Å²) in [5, 5.41) is 6.67. The highest BCUT2D eigenvalue weighted by Crippen LogP contribution is 2.18. The SMILES string of the molecule is NCCCc1n[nH]c(COc2ccc(F)cc2F)n1. The van der Waals surface area contributed by atoms with Crippen LogP contribution >= 0.6 is 0 Å². The molecule has 0 fully saturated rings. The molecule has 0 atom stereocenters. The van der Waals surface area contributed by atoms with Gasteiger partial charge in [-0.2, -0.15) is 5.10 Å². The standard InChI is InChI=1S/C12H14F2N4O/c13-8-3-4-10(9(14)6-8)19-7-12-16-11(17-18-12)2-1-5-15/h3-4,6H,1-2,5,7,15H2,(H,16,17,18). The molecule has 1 heterocycles. The van der Waals surface area contributed by atoms with Crippen molar-refractivity contribution in [2.75, 3.05) is 6.54 Å². The Kier molecular flexibility index (Phi) is 4.40. The minimum absolute atomic E-state index is 0.0266. The monoisotopic (exact) mass is 268 g/mol. The van der Waals surface area contributed by atoms with Crippen LogP contribution < -0.4 is 10.5 Å². The van der Waals surface area contributed by atoms with Gasteiger partial charge in [0.1, 0.15) is 12.4 Å². The number of H-pyrrole nitrogens is 1. The van der Waals surface area contributed by atoms with E-state index in [-0.39, 0.29) is 12.4 Å². The molecule has 0 aliphatic heterocycles. The van der Waals surface area contributed by atoms with Crippen molar-refractivity contribution in [3.63, 3.8) is 0 Å². The molecule has 3 N–H and O–H groups in total. The molecule has 0 radical (unpaired) electrons. The molecule has 0 saturated carbocycles. The number of rotatable bonds is 6. The van der Waals surface area contributed by atoms with Crippen molar-refractivity contribution in [1.29, 1.82) is 0 Å². The lowest BCUT2D eigenvalue weighted by molar-refractivity contribution is 0.280. The number of hydrogen-bond donors (Lipinski definition) is 2. The van der Waals surface area contributed by atoms with Crippen LogP contribution in [0, 0.1) is 11.6 Å². The van der Waals surface area contributed by atoms with E-state index in [1.54, 1.807) is 0 Å². The number of hydrogen-bond acceptors (Lipinski definition) is 4. The van der Waals surface area contributed by atoms with Gasteiger partial charge in [0.2, 0.25) is 0 Å². The van der Waals surface area contributed by atoms with Gasteiger partial charge in [0.15, 0.2) is 23.2 Å². The second-order valence-electron chi connectivity index (χ2n) is 3.95. The lowest BCUT2D eigenvalue weighted by atomic mass is 10.3. The van der Waals surface area contributed by atoms with E-state index in [1.165, 1.54) is 6.07 Å². The van der Waals surface area contributed by atoms with Crippen LogP contribution in [0.3, 0.4) is 0 Å². The Hall–Kier alpha value is -2.02. The van der Waals surface area contributed by atoms with E-state index in [9.17, 15) is 8.78 Å². The number of nitrogens with one attached hydrogen (secondary N) is 1. The van der Waals surface area contributed by atoms with Crippen LogP contribution in [-0.2, 0) is 13.0 Å². The van der Waals surface area contributed by atoms with Crippen LogP contribution in [0.1, 0.15) is 18.1 Å². The Balaban J connectivity index is 1.92. The average Bonchev–Trinajstić information content (AvgIpc) is 2.83. The van der Waals surface area contributed by atoms with Gasteiger partial charge < -0.3 is 10.5 Å². The average molecular weight is 268 g/mol. The molecule has 0 unspecified atom stereocenters. The van der Waals surface area contributed by atoms with E-state index in [0.29, 0.717) is 24.6 Å². The number of aryl methyl sites for hydroxylation is 1. The zero-order chi connectivity index (χ0) is 13.7. The fourth-order valence-corrected chi connectivity index (χ4v) is 1.51. The van der Waals surface area contributed by atoms with Crippen molar-refractivity contribution in [1.82, 2.24) is 15.2 Å². The van der Waals surface area contributed by atoms with Crippen molar-refractivity contribution in [2.24, 2.45) is 5.73 Å². The van der Waals surface area contributed by atoms with Gasteiger partial charge in [-0.15, -0.1) is 0 Å². The molecule has 0 amide bonds. The minimum Gasteiger partial charge on any atom is -0.483 e. The van der Waals surface area contributed by atoms with Crippen LogP contribution in [0.15, 0.2) is 18.2 Å². The summed E-state index contributed by atoms with van der Waals surface area (Å²) in [4.78, 5) is 4.17. The normalized spacial score (nSPS) is 10.7. The summed E-state index contributed by atoms with van der Waals surface area (Å²) in [5.74, 6) is -0.294. The van der Waals surface area contributed by atoms with Gasteiger partial charge in [-0.25, -0.2) is 13.8 Å².